The van der Waals surface area contributed by atoms with Gasteiger partial charge < -0.3 is 10.1 Å². The summed E-state index contributed by atoms with van der Waals surface area (Å²) in [5.74, 6) is 0.400. The molecule has 0 bridgehead atoms. The van der Waals surface area contributed by atoms with Gasteiger partial charge in [-0.3, -0.25) is 9.69 Å². The first kappa shape index (κ1) is 19.9. The molecule has 0 fully saturated rings. The highest BCUT2D eigenvalue weighted by Gasteiger charge is 2.11. The van der Waals surface area contributed by atoms with E-state index in [4.69, 9.17) is 27.9 Å². The van der Waals surface area contributed by atoms with Crippen LogP contribution >= 0.6 is 35.0 Å². The molecule has 0 aliphatic carbocycles. The lowest BCUT2D eigenvalue weighted by Crippen LogP contribution is -2.33. The Hall–Kier alpha value is -1.40. The van der Waals surface area contributed by atoms with Gasteiger partial charge in [0.1, 0.15) is 6.61 Å². The minimum atomic E-state index is -0.0697. The van der Waals surface area contributed by atoms with Gasteiger partial charge in [0.15, 0.2) is 5.75 Å². The Kier molecular flexibility index (Phi) is 7.90. The maximum absolute atomic E-state index is 12.2. The number of thioether (sulfide) groups is 1. The number of likely N-dealkylation sites (N-methyl/N-ethyl adjacent to an activating group) is 1. The number of anilines is 1. The van der Waals surface area contributed by atoms with Crippen molar-refractivity contribution in [3.05, 3.63) is 52.5 Å². The van der Waals surface area contributed by atoms with Gasteiger partial charge in [-0.25, -0.2) is 0 Å². The molecule has 25 heavy (non-hydrogen) atoms. The van der Waals surface area contributed by atoms with Crippen molar-refractivity contribution in [3.63, 3.8) is 0 Å². The van der Waals surface area contributed by atoms with Crippen LogP contribution in [0.2, 0.25) is 10.0 Å². The first-order valence-corrected chi connectivity index (χ1v) is 9.67. The molecule has 0 aromatic heterocycles. The number of amides is 1. The smallest absolute Gasteiger partial charge is 0.238 e. The van der Waals surface area contributed by atoms with Crippen molar-refractivity contribution in [2.24, 2.45) is 0 Å². The molecule has 0 spiro atoms. The minimum Gasteiger partial charge on any atom is -0.489 e. The summed E-state index contributed by atoms with van der Waals surface area (Å²) in [6.07, 6.45) is 1.98. The zero-order valence-corrected chi connectivity index (χ0v) is 16.4. The van der Waals surface area contributed by atoms with Gasteiger partial charge in [-0.15, -0.1) is 11.8 Å². The molecule has 7 heteroatoms. The molecule has 1 N–H and O–H groups in total. The van der Waals surface area contributed by atoms with Crippen LogP contribution in [0.25, 0.3) is 0 Å². The Balaban J connectivity index is 1.80. The predicted octanol–water partition coefficient (Wildman–Crippen LogP) is 4.66. The molecule has 2 aromatic carbocycles. The van der Waals surface area contributed by atoms with Gasteiger partial charge in [-0.05, 0) is 37.6 Å². The molecule has 4 nitrogen and oxygen atoms in total. The summed E-state index contributed by atoms with van der Waals surface area (Å²) >= 11 is 13.7. The predicted molar refractivity (Wildman–Crippen MR) is 106 cm³/mol. The van der Waals surface area contributed by atoms with Crippen LogP contribution in [-0.2, 0) is 4.79 Å². The summed E-state index contributed by atoms with van der Waals surface area (Å²) in [4.78, 5) is 15.1. The van der Waals surface area contributed by atoms with E-state index < -0.39 is 0 Å². The molecule has 2 aromatic rings. The molecule has 0 heterocycles. The van der Waals surface area contributed by atoms with Crippen molar-refractivity contribution < 1.29 is 9.53 Å². The fourth-order valence-electron chi connectivity index (χ4n) is 2.19. The van der Waals surface area contributed by atoms with E-state index >= 15 is 0 Å². The lowest BCUT2D eigenvalue weighted by atomic mass is 10.3. The Bertz CT molecular complexity index is 708. The van der Waals surface area contributed by atoms with Gasteiger partial charge in [0, 0.05) is 11.4 Å². The Morgan fingerprint density at radius 3 is 2.52 bits per heavy atom. The van der Waals surface area contributed by atoms with Crippen LogP contribution in [0.15, 0.2) is 47.4 Å². The SMILES string of the molecule is CSc1ccccc1NC(=O)CN(C)CCOc1c(Cl)cccc1Cl. The van der Waals surface area contributed by atoms with E-state index in [1.54, 1.807) is 30.0 Å². The molecule has 0 aliphatic rings. The van der Waals surface area contributed by atoms with Crippen LogP contribution in [0, 0.1) is 0 Å². The topological polar surface area (TPSA) is 41.6 Å². The number of halogens is 2. The number of benzene rings is 2. The molecule has 134 valence electrons. The highest BCUT2D eigenvalue weighted by atomic mass is 35.5. The van der Waals surface area contributed by atoms with E-state index in [-0.39, 0.29) is 12.5 Å². The summed E-state index contributed by atoms with van der Waals surface area (Å²) in [7, 11) is 1.86. The maximum Gasteiger partial charge on any atom is 0.238 e. The second-order valence-electron chi connectivity index (χ2n) is 5.39. The van der Waals surface area contributed by atoms with Crippen molar-refractivity contribution in [2.45, 2.75) is 4.90 Å². The second-order valence-corrected chi connectivity index (χ2v) is 7.05. The molecule has 0 radical (unpaired) electrons. The molecule has 2 rings (SSSR count). The van der Waals surface area contributed by atoms with Crippen LogP contribution < -0.4 is 10.1 Å². The second kappa shape index (κ2) is 9.92. The highest BCUT2D eigenvalue weighted by molar-refractivity contribution is 7.98. The third-order valence-electron chi connectivity index (χ3n) is 3.43. The number of ether oxygens (including phenoxy) is 1. The molecular formula is C18H20Cl2N2O2S. The number of hydrogen-bond acceptors (Lipinski definition) is 4. The zero-order valence-electron chi connectivity index (χ0n) is 14.1. The lowest BCUT2D eigenvalue weighted by molar-refractivity contribution is -0.117. The average molecular weight is 399 g/mol. The summed E-state index contributed by atoms with van der Waals surface area (Å²) in [5.41, 5.74) is 0.826. The number of carbonyl (C=O) groups excluding carboxylic acids is 1. The van der Waals surface area contributed by atoms with Gasteiger partial charge in [-0.1, -0.05) is 41.4 Å². The van der Waals surface area contributed by atoms with Crippen molar-refractivity contribution in [2.75, 3.05) is 38.3 Å². The van der Waals surface area contributed by atoms with Gasteiger partial charge in [0.05, 0.1) is 22.3 Å². The first-order valence-electron chi connectivity index (χ1n) is 7.69. The van der Waals surface area contributed by atoms with Crippen LogP contribution in [0.1, 0.15) is 0 Å². The van der Waals surface area contributed by atoms with E-state index in [0.29, 0.717) is 28.9 Å². The van der Waals surface area contributed by atoms with Crippen molar-refractivity contribution in [1.82, 2.24) is 4.90 Å². The zero-order chi connectivity index (χ0) is 18.2. The maximum atomic E-state index is 12.2. The monoisotopic (exact) mass is 398 g/mol. The largest absolute Gasteiger partial charge is 0.489 e. The summed E-state index contributed by atoms with van der Waals surface area (Å²) < 4.78 is 5.63. The number of nitrogens with zero attached hydrogens (tertiary/aromatic N) is 1. The van der Waals surface area contributed by atoms with Gasteiger partial charge in [0.25, 0.3) is 0 Å². The Morgan fingerprint density at radius 1 is 1.16 bits per heavy atom. The third-order valence-corrected chi connectivity index (χ3v) is 4.82. The van der Waals surface area contributed by atoms with E-state index in [2.05, 4.69) is 5.32 Å². The molecule has 1 amide bonds. The quantitative estimate of drug-likeness (QED) is 0.656. The number of hydrogen-bond donors (Lipinski definition) is 1. The van der Waals surface area contributed by atoms with Crippen molar-refractivity contribution >= 4 is 46.6 Å². The molecule has 0 atom stereocenters. The van der Waals surface area contributed by atoms with Crippen LogP contribution in [-0.4, -0.2) is 43.8 Å². The van der Waals surface area contributed by atoms with E-state index in [0.717, 1.165) is 10.6 Å². The van der Waals surface area contributed by atoms with Gasteiger partial charge in [-0.2, -0.15) is 0 Å². The average Bonchev–Trinajstić information content (AvgIpc) is 2.58. The fraction of sp³-hybridized carbons (Fsp3) is 0.278. The summed E-state index contributed by atoms with van der Waals surface area (Å²) in [6.45, 7) is 1.22. The third kappa shape index (κ3) is 6.12. The summed E-state index contributed by atoms with van der Waals surface area (Å²) in [5, 5.41) is 3.88. The number of para-hydroxylation sites is 2. The lowest BCUT2D eigenvalue weighted by Gasteiger charge is -2.18. The summed E-state index contributed by atoms with van der Waals surface area (Å²) in [6, 6.07) is 12.9. The molecule has 0 unspecified atom stereocenters. The van der Waals surface area contributed by atoms with Crippen LogP contribution in [0.3, 0.4) is 0 Å². The normalized spacial score (nSPS) is 10.8. The van der Waals surface area contributed by atoms with E-state index in [9.17, 15) is 4.79 Å². The van der Waals surface area contributed by atoms with E-state index in [1.807, 2.05) is 42.5 Å². The minimum absolute atomic E-state index is 0.0697. The molecule has 0 saturated carbocycles. The van der Waals surface area contributed by atoms with Crippen LogP contribution in [0.5, 0.6) is 5.75 Å². The van der Waals surface area contributed by atoms with E-state index in [1.165, 1.54) is 0 Å². The molecular weight excluding hydrogens is 379 g/mol. The molecule has 0 aliphatic heterocycles. The fourth-order valence-corrected chi connectivity index (χ4v) is 3.25. The van der Waals surface area contributed by atoms with Crippen molar-refractivity contribution in [1.29, 1.82) is 0 Å². The highest BCUT2D eigenvalue weighted by Crippen LogP contribution is 2.32. The Labute approximate surface area is 162 Å². The number of carbonyl (C=O) groups is 1. The first-order chi connectivity index (χ1) is 12.0. The Morgan fingerprint density at radius 2 is 1.84 bits per heavy atom. The standard InChI is InChI=1S/C18H20Cl2N2O2S/c1-22(10-11-24-18-13(19)6-5-7-14(18)20)12-17(23)21-15-8-3-4-9-16(15)25-2/h3-9H,10-12H2,1-2H3,(H,21,23). The van der Waals surface area contributed by atoms with Gasteiger partial charge >= 0.3 is 0 Å². The van der Waals surface area contributed by atoms with Gasteiger partial charge in [0.2, 0.25) is 5.91 Å². The van der Waals surface area contributed by atoms with Crippen LogP contribution in [0.4, 0.5) is 5.69 Å². The number of nitrogens with one attached hydrogen (secondary N) is 1. The number of rotatable bonds is 8. The molecule has 0 saturated heterocycles. The van der Waals surface area contributed by atoms with Crippen molar-refractivity contribution in [3.8, 4) is 5.75 Å².